The zero-order valence-corrected chi connectivity index (χ0v) is 10.5. The van der Waals surface area contributed by atoms with E-state index in [0.29, 0.717) is 6.54 Å². The Hall–Kier alpha value is -1.10. The van der Waals surface area contributed by atoms with E-state index in [-0.39, 0.29) is 29.5 Å². The van der Waals surface area contributed by atoms with Gasteiger partial charge in [0.2, 0.25) is 0 Å². The molecular formula is C11H21NO4. The number of ether oxygens (including phenoxy) is 1. The van der Waals surface area contributed by atoms with E-state index in [2.05, 4.69) is 0 Å². The molecule has 16 heavy (non-hydrogen) atoms. The molecule has 1 unspecified atom stereocenters. The largest absolute Gasteiger partial charge is 0.544 e. The highest BCUT2D eigenvalue weighted by Gasteiger charge is 2.17. The first-order valence-corrected chi connectivity index (χ1v) is 5.47. The number of nitrogens with zero attached hydrogens (tertiary/aromatic N) is 1. The van der Waals surface area contributed by atoms with Gasteiger partial charge in [-0.05, 0) is 6.42 Å². The van der Waals surface area contributed by atoms with Crippen LogP contribution in [0.1, 0.15) is 20.3 Å². The standard InChI is InChI=1S/C11H21NO4/c1-5-9(2)11(15)16-7-6-12(3,4)8-10(13)14/h9H,5-8H2,1-4H3. The van der Waals surface area contributed by atoms with Gasteiger partial charge in [-0.2, -0.15) is 0 Å². The first kappa shape index (κ1) is 14.9. The highest BCUT2D eigenvalue weighted by atomic mass is 16.5. The van der Waals surface area contributed by atoms with E-state index in [1.54, 1.807) is 14.1 Å². The topological polar surface area (TPSA) is 66.4 Å². The average Bonchev–Trinajstić information content (AvgIpc) is 2.13. The predicted molar refractivity (Wildman–Crippen MR) is 57.3 cm³/mol. The SMILES string of the molecule is CCC(C)C(=O)OCC[N+](C)(C)CC(=O)[O-]. The van der Waals surface area contributed by atoms with E-state index in [1.807, 2.05) is 13.8 Å². The minimum absolute atomic E-state index is 0.0825. The molecule has 0 amide bonds. The molecule has 0 heterocycles. The summed E-state index contributed by atoms with van der Waals surface area (Å²) < 4.78 is 5.29. The lowest BCUT2D eigenvalue weighted by Crippen LogP contribution is -2.50. The summed E-state index contributed by atoms with van der Waals surface area (Å²) in [7, 11) is 3.51. The molecule has 0 radical (unpaired) electrons. The third-order valence-electron chi connectivity index (χ3n) is 2.51. The first-order valence-electron chi connectivity index (χ1n) is 5.47. The molecule has 0 spiro atoms. The van der Waals surface area contributed by atoms with Crippen molar-refractivity contribution in [1.82, 2.24) is 0 Å². The second-order valence-electron chi connectivity index (χ2n) is 4.67. The monoisotopic (exact) mass is 231 g/mol. The molecule has 0 N–H and O–H groups in total. The molecule has 0 bridgehead atoms. The van der Waals surface area contributed by atoms with Crippen molar-refractivity contribution in [3.8, 4) is 0 Å². The molecule has 0 aliphatic carbocycles. The summed E-state index contributed by atoms with van der Waals surface area (Å²) in [6.45, 7) is 4.35. The Morgan fingerprint density at radius 2 is 1.94 bits per heavy atom. The van der Waals surface area contributed by atoms with Crippen LogP contribution in [0.15, 0.2) is 0 Å². The Kier molecular flexibility index (Phi) is 6.03. The van der Waals surface area contributed by atoms with Crippen molar-refractivity contribution in [2.45, 2.75) is 20.3 Å². The maximum atomic E-state index is 11.3. The predicted octanol–water partition coefficient (Wildman–Crippen LogP) is -0.598. The lowest BCUT2D eigenvalue weighted by molar-refractivity contribution is -0.884. The van der Waals surface area contributed by atoms with Crippen LogP contribution in [0, 0.1) is 5.92 Å². The molecule has 0 rings (SSSR count). The molecular weight excluding hydrogens is 210 g/mol. The fraction of sp³-hybridized carbons (Fsp3) is 0.818. The van der Waals surface area contributed by atoms with Crippen LogP contribution in [0.25, 0.3) is 0 Å². The number of carbonyl (C=O) groups is 2. The van der Waals surface area contributed by atoms with Gasteiger partial charge in [-0.1, -0.05) is 13.8 Å². The van der Waals surface area contributed by atoms with Crippen LogP contribution in [0.2, 0.25) is 0 Å². The van der Waals surface area contributed by atoms with Crippen LogP contribution >= 0.6 is 0 Å². The highest BCUT2D eigenvalue weighted by molar-refractivity contribution is 5.71. The number of hydrogen-bond donors (Lipinski definition) is 0. The van der Waals surface area contributed by atoms with Crippen LogP contribution in [-0.4, -0.2) is 50.2 Å². The van der Waals surface area contributed by atoms with Crippen LogP contribution in [-0.2, 0) is 14.3 Å². The molecule has 5 nitrogen and oxygen atoms in total. The Labute approximate surface area is 96.6 Å². The summed E-state index contributed by atoms with van der Waals surface area (Å²) in [4.78, 5) is 21.8. The molecule has 0 aliphatic rings. The lowest BCUT2D eigenvalue weighted by Gasteiger charge is -2.29. The first-order chi connectivity index (χ1) is 7.28. The Bertz CT molecular complexity index is 250. The fourth-order valence-electron chi connectivity index (χ4n) is 1.13. The summed E-state index contributed by atoms with van der Waals surface area (Å²) in [5.74, 6) is -1.43. The van der Waals surface area contributed by atoms with Gasteiger partial charge in [0.25, 0.3) is 0 Å². The van der Waals surface area contributed by atoms with Crippen molar-refractivity contribution in [2.75, 3.05) is 33.8 Å². The fourth-order valence-corrected chi connectivity index (χ4v) is 1.13. The van der Waals surface area contributed by atoms with Gasteiger partial charge in [-0.25, -0.2) is 0 Å². The highest BCUT2D eigenvalue weighted by Crippen LogP contribution is 2.04. The summed E-state index contributed by atoms with van der Waals surface area (Å²) in [6.07, 6.45) is 0.746. The van der Waals surface area contributed by atoms with Gasteiger partial charge >= 0.3 is 5.97 Å². The number of carbonyl (C=O) groups excluding carboxylic acids is 2. The normalized spacial score (nSPS) is 13.2. The van der Waals surface area contributed by atoms with E-state index in [0.717, 1.165) is 6.42 Å². The Balaban J connectivity index is 3.89. The number of esters is 1. The molecule has 0 aromatic carbocycles. The number of hydrogen-bond acceptors (Lipinski definition) is 4. The number of carboxylic acids is 1. The summed E-state index contributed by atoms with van der Waals surface area (Å²) in [6, 6.07) is 0. The van der Waals surface area contributed by atoms with E-state index < -0.39 is 5.97 Å². The van der Waals surface area contributed by atoms with Gasteiger partial charge in [0, 0.05) is 0 Å². The molecule has 94 valence electrons. The van der Waals surface area contributed by atoms with Gasteiger partial charge in [-0.15, -0.1) is 0 Å². The maximum Gasteiger partial charge on any atom is 0.308 e. The summed E-state index contributed by atoms with van der Waals surface area (Å²) >= 11 is 0. The van der Waals surface area contributed by atoms with Gasteiger partial charge in [0.05, 0.1) is 26.0 Å². The molecule has 0 aromatic heterocycles. The minimum atomic E-state index is -1.10. The van der Waals surface area contributed by atoms with Crippen LogP contribution in [0.4, 0.5) is 0 Å². The van der Waals surface area contributed by atoms with E-state index in [1.165, 1.54) is 0 Å². The smallest absolute Gasteiger partial charge is 0.308 e. The Morgan fingerprint density at radius 1 is 1.38 bits per heavy atom. The van der Waals surface area contributed by atoms with Crippen molar-refractivity contribution in [3.05, 3.63) is 0 Å². The molecule has 5 heteroatoms. The third-order valence-corrected chi connectivity index (χ3v) is 2.51. The van der Waals surface area contributed by atoms with Gasteiger partial charge in [-0.3, -0.25) is 4.79 Å². The number of quaternary nitrogens is 1. The van der Waals surface area contributed by atoms with Crippen LogP contribution < -0.4 is 5.11 Å². The van der Waals surface area contributed by atoms with Crippen LogP contribution in [0.3, 0.4) is 0 Å². The molecule has 0 aliphatic heterocycles. The third kappa shape index (κ3) is 6.40. The summed E-state index contributed by atoms with van der Waals surface area (Å²) in [5, 5.41) is 10.4. The van der Waals surface area contributed by atoms with Gasteiger partial charge in [0.15, 0.2) is 0 Å². The van der Waals surface area contributed by atoms with Crippen molar-refractivity contribution >= 4 is 11.9 Å². The molecule has 0 aromatic rings. The molecule has 0 saturated heterocycles. The number of carboxylic acid groups (broad SMARTS) is 1. The second kappa shape index (κ2) is 6.48. The molecule has 0 saturated carbocycles. The zero-order chi connectivity index (χ0) is 12.8. The second-order valence-corrected chi connectivity index (χ2v) is 4.67. The van der Waals surface area contributed by atoms with Crippen molar-refractivity contribution < 1.29 is 23.9 Å². The van der Waals surface area contributed by atoms with Gasteiger partial charge < -0.3 is 19.1 Å². The number of aliphatic carboxylic acids is 1. The van der Waals surface area contributed by atoms with Crippen molar-refractivity contribution in [1.29, 1.82) is 0 Å². The average molecular weight is 231 g/mol. The molecule has 0 fully saturated rings. The zero-order valence-electron chi connectivity index (χ0n) is 10.5. The maximum absolute atomic E-state index is 11.3. The van der Waals surface area contributed by atoms with Gasteiger partial charge in [0.1, 0.15) is 19.7 Å². The quantitative estimate of drug-likeness (QED) is 0.433. The van der Waals surface area contributed by atoms with E-state index >= 15 is 0 Å². The van der Waals surface area contributed by atoms with Crippen LogP contribution in [0.5, 0.6) is 0 Å². The summed E-state index contributed by atoms with van der Waals surface area (Å²) in [5.41, 5.74) is 0. The van der Waals surface area contributed by atoms with E-state index in [4.69, 9.17) is 4.74 Å². The number of rotatable bonds is 7. The minimum Gasteiger partial charge on any atom is -0.544 e. The molecule has 1 atom stereocenters. The Morgan fingerprint density at radius 3 is 2.38 bits per heavy atom. The van der Waals surface area contributed by atoms with Crippen molar-refractivity contribution in [2.24, 2.45) is 5.92 Å². The van der Waals surface area contributed by atoms with E-state index in [9.17, 15) is 14.7 Å². The number of likely N-dealkylation sites (N-methyl/N-ethyl adjacent to an activating group) is 1. The lowest BCUT2D eigenvalue weighted by atomic mass is 10.1. The van der Waals surface area contributed by atoms with Crippen molar-refractivity contribution in [3.63, 3.8) is 0 Å².